The molecule has 3 rings (SSSR count). The molecule has 1 aliphatic heterocycles. The van der Waals surface area contributed by atoms with Gasteiger partial charge in [0.05, 0.1) is 10.6 Å². The first-order chi connectivity index (χ1) is 9.16. The van der Waals surface area contributed by atoms with Crippen molar-refractivity contribution in [1.29, 1.82) is 0 Å². The highest BCUT2D eigenvalue weighted by Gasteiger charge is 2.36. The first kappa shape index (κ1) is 12.1. The summed E-state index contributed by atoms with van der Waals surface area (Å²) in [4.78, 5) is 22.8. The van der Waals surface area contributed by atoms with E-state index in [1.54, 1.807) is 6.07 Å². The Hall–Kier alpha value is -1.91. The molecule has 5 heteroatoms. The molecule has 0 saturated heterocycles. The third-order valence-corrected chi connectivity index (χ3v) is 4.17. The van der Waals surface area contributed by atoms with E-state index in [0.29, 0.717) is 11.3 Å². The Morgan fingerprint density at radius 2 is 2.00 bits per heavy atom. The predicted octanol–water partition coefficient (Wildman–Crippen LogP) is 3.15. The van der Waals surface area contributed by atoms with E-state index < -0.39 is 4.92 Å². The fraction of sp³-hybridized carbons (Fsp3) is 0.500. The van der Waals surface area contributed by atoms with Gasteiger partial charge in [-0.15, -0.1) is 0 Å². The molecule has 19 heavy (non-hydrogen) atoms. The standard InChI is InChI=1S/C14H16N2O3/c17-14-10-4-2-1-3-5-12(10)15-13-8-9(16(18)19)6-7-11(13)14/h6-8,10,12,15H,1-5H2/t10-,12-/m1/s1. The number of nitro benzene ring substituents is 1. The van der Waals surface area contributed by atoms with Gasteiger partial charge in [0.2, 0.25) is 0 Å². The maximum absolute atomic E-state index is 12.5. The van der Waals surface area contributed by atoms with Crippen LogP contribution in [0.3, 0.4) is 0 Å². The topological polar surface area (TPSA) is 72.2 Å². The van der Waals surface area contributed by atoms with Gasteiger partial charge in [0.15, 0.2) is 5.78 Å². The van der Waals surface area contributed by atoms with Crippen molar-refractivity contribution in [2.45, 2.75) is 38.1 Å². The number of nitrogens with zero attached hydrogens (tertiary/aromatic N) is 1. The van der Waals surface area contributed by atoms with E-state index >= 15 is 0 Å². The van der Waals surface area contributed by atoms with Crippen LogP contribution < -0.4 is 5.32 Å². The van der Waals surface area contributed by atoms with Crippen LogP contribution in [0.5, 0.6) is 0 Å². The van der Waals surface area contributed by atoms with Gasteiger partial charge in [0.25, 0.3) is 5.69 Å². The summed E-state index contributed by atoms with van der Waals surface area (Å²) in [6, 6.07) is 4.62. The Balaban J connectivity index is 1.99. The number of non-ortho nitro benzene ring substituents is 1. The van der Waals surface area contributed by atoms with Crippen LogP contribution in [0.25, 0.3) is 0 Å². The number of fused-ring (bicyclic) bond motifs is 2. The van der Waals surface area contributed by atoms with Gasteiger partial charge in [-0.2, -0.15) is 0 Å². The molecule has 1 aromatic rings. The molecule has 5 nitrogen and oxygen atoms in total. The van der Waals surface area contributed by atoms with Crippen molar-refractivity contribution >= 4 is 17.2 Å². The summed E-state index contributed by atoms with van der Waals surface area (Å²) in [6.07, 6.45) is 5.27. The number of ketones is 1. The number of rotatable bonds is 1. The lowest BCUT2D eigenvalue weighted by atomic mass is 9.83. The van der Waals surface area contributed by atoms with E-state index in [0.717, 1.165) is 25.7 Å². The van der Waals surface area contributed by atoms with E-state index in [1.165, 1.54) is 18.6 Å². The molecule has 1 aliphatic carbocycles. The van der Waals surface area contributed by atoms with Gasteiger partial charge >= 0.3 is 0 Å². The van der Waals surface area contributed by atoms with E-state index in [9.17, 15) is 14.9 Å². The minimum absolute atomic E-state index is 0.0334. The Morgan fingerprint density at radius 3 is 2.79 bits per heavy atom. The van der Waals surface area contributed by atoms with Gasteiger partial charge in [-0.25, -0.2) is 0 Å². The average Bonchev–Trinajstić information content (AvgIpc) is 2.63. The van der Waals surface area contributed by atoms with Gasteiger partial charge in [0, 0.05) is 29.7 Å². The smallest absolute Gasteiger partial charge is 0.271 e. The summed E-state index contributed by atoms with van der Waals surface area (Å²) in [5, 5.41) is 14.1. The maximum Gasteiger partial charge on any atom is 0.271 e. The van der Waals surface area contributed by atoms with Crippen molar-refractivity contribution in [3.05, 3.63) is 33.9 Å². The normalized spacial score (nSPS) is 25.8. The molecule has 0 aromatic heterocycles. The fourth-order valence-corrected chi connectivity index (χ4v) is 3.17. The molecule has 0 radical (unpaired) electrons. The lowest BCUT2D eigenvalue weighted by Gasteiger charge is -2.32. The SMILES string of the molecule is O=C1c2ccc([N+](=O)[O-])cc2N[C@@H]2CCCCC[C@@H]12. The predicted molar refractivity (Wildman–Crippen MR) is 71.4 cm³/mol. The van der Waals surface area contributed by atoms with Crippen LogP contribution in [-0.4, -0.2) is 16.7 Å². The van der Waals surface area contributed by atoms with Crippen molar-refractivity contribution in [3.63, 3.8) is 0 Å². The lowest BCUT2D eigenvalue weighted by molar-refractivity contribution is -0.384. The zero-order chi connectivity index (χ0) is 13.4. The third-order valence-electron chi connectivity index (χ3n) is 4.17. The van der Waals surface area contributed by atoms with Crippen molar-refractivity contribution < 1.29 is 9.72 Å². The molecule has 0 unspecified atom stereocenters. The summed E-state index contributed by atoms with van der Waals surface area (Å²) in [6.45, 7) is 0. The number of nitrogens with one attached hydrogen (secondary N) is 1. The van der Waals surface area contributed by atoms with Gasteiger partial charge in [0.1, 0.15) is 0 Å². The highest BCUT2D eigenvalue weighted by atomic mass is 16.6. The van der Waals surface area contributed by atoms with Crippen LogP contribution in [0.1, 0.15) is 42.5 Å². The van der Waals surface area contributed by atoms with Crippen LogP contribution in [0.4, 0.5) is 11.4 Å². The highest BCUT2D eigenvalue weighted by molar-refractivity contribution is 6.05. The number of benzene rings is 1. The maximum atomic E-state index is 12.5. The quantitative estimate of drug-likeness (QED) is 0.622. The van der Waals surface area contributed by atoms with Crippen molar-refractivity contribution in [2.75, 3.05) is 5.32 Å². The van der Waals surface area contributed by atoms with Crippen LogP contribution in [-0.2, 0) is 0 Å². The zero-order valence-electron chi connectivity index (χ0n) is 10.6. The second-order valence-electron chi connectivity index (χ2n) is 5.35. The third kappa shape index (κ3) is 2.09. The number of nitro groups is 1. The first-order valence-electron chi connectivity index (χ1n) is 6.76. The minimum Gasteiger partial charge on any atom is -0.381 e. The van der Waals surface area contributed by atoms with Gasteiger partial charge in [-0.3, -0.25) is 14.9 Å². The Labute approximate surface area is 111 Å². The van der Waals surface area contributed by atoms with Crippen molar-refractivity contribution in [3.8, 4) is 0 Å². The van der Waals surface area contributed by atoms with Crippen LogP contribution in [0, 0.1) is 16.0 Å². The second kappa shape index (κ2) is 4.64. The molecule has 1 saturated carbocycles. The molecular formula is C14H16N2O3. The number of anilines is 1. The molecule has 2 aliphatic rings. The Kier molecular flexibility index (Phi) is 2.97. The largest absolute Gasteiger partial charge is 0.381 e. The Morgan fingerprint density at radius 1 is 1.21 bits per heavy atom. The lowest BCUT2D eigenvalue weighted by Crippen LogP contribution is -2.38. The summed E-state index contributed by atoms with van der Waals surface area (Å²) in [5.74, 6) is 0.187. The first-order valence-corrected chi connectivity index (χ1v) is 6.76. The number of carbonyl (C=O) groups excluding carboxylic acids is 1. The molecule has 0 amide bonds. The van der Waals surface area contributed by atoms with Crippen molar-refractivity contribution in [2.24, 2.45) is 5.92 Å². The summed E-state index contributed by atoms with van der Waals surface area (Å²) in [5.41, 5.74) is 1.27. The number of carbonyl (C=O) groups is 1. The molecular weight excluding hydrogens is 244 g/mol. The Bertz CT molecular complexity index is 541. The average molecular weight is 260 g/mol. The molecule has 0 bridgehead atoms. The number of hydrogen-bond acceptors (Lipinski definition) is 4. The molecule has 1 N–H and O–H groups in total. The summed E-state index contributed by atoms with van der Waals surface area (Å²) in [7, 11) is 0. The van der Waals surface area contributed by atoms with E-state index in [2.05, 4.69) is 5.32 Å². The number of Topliss-reactive ketones (excluding diaryl/α,β-unsaturated/α-hetero) is 1. The van der Waals surface area contributed by atoms with Crippen molar-refractivity contribution in [1.82, 2.24) is 0 Å². The molecule has 1 fully saturated rings. The molecule has 2 atom stereocenters. The molecule has 100 valence electrons. The zero-order valence-corrected chi connectivity index (χ0v) is 10.6. The molecule has 1 heterocycles. The highest BCUT2D eigenvalue weighted by Crippen LogP contribution is 2.36. The van der Waals surface area contributed by atoms with Gasteiger partial charge in [-0.1, -0.05) is 19.3 Å². The minimum atomic E-state index is -0.425. The van der Waals surface area contributed by atoms with Crippen LogP contribution in [0.2, 0.25) is 0 Å². The van der Waals surface area contributed by atoms with Crippen LogP contribution >= 0.6 is 0 Å². The fourth-order valence-electron chi connectivity index (χ4n) is 3.17. The summed E-state index contributed by atoms with van der Waals surface area (Å²) >= 11 is 0. The monoisotopic (exact) mass is 260 g/mol. The molecule has 0 spiro atoms. The summed E-state index contributed by atoms with van der Waals surface area (Å²) < 4.78 is 0. The number of hydrogen-bond donors (Lipinski definition) is 1. The van der Waals surface area contributed by atoms with E-state index in [4.69, 9.17) is 0 Å². The van der Waals surface area contributed by atoms with Crippen LogP contribution in [0.15, 0.2) is 18.2 Å². The van der Waals surface area contributed by atoms with Gasteiger partial charge in [-0.05, 0) is 18.9 Å². The van der Waals surface area contributed by atoms with E-state index in [-0.39, 0.29) is 23.4 Å². The van der Waals surface area contributed by atoms with E-state index in [1.807, 2.05) is 0 Å². The second-order valence-corrected chi connectivity index (χ2v) is 5.35. The van der Waals surface area contributed by atoms with Gasteiger partial charge < -0.3 is 5.32 Å². The molecule has 1 aromatic carbocycles.